The molecule has 0 fully saturated rings. The number of hydrogen-bond donors (Lipinski definition) is 0. The lowest BCUT2D eigenvalue weighted by Gasteiger charge is -2.02. The molecular weight excluding hydrogens is 176 g/mol. The monoisotopic (exact) mass is 186 g/mol. The molecule has 1 heterocycles. The van der Waals surface area contributed by atoms with Gasteiger partial charge in [-0.05, 0) is 24.6 Å². The summed E-state index contributed by atoms with van der Waals surface area (Å²) in [6.07, 6.45) is 2.52. The van der Waals surface area contributed by atoms with Crippen LogP contribution >= 0.6 is 0 Å². The summed E-state index contributed by atoms with van der Waals surface area (Å²) in [5.74, 6) is 0. The van der Waals surface area contributed by atoms with Gasteiger partial charge in [0.1, 0.15) is 5.69 Å². The third-order valence-corrected chi connectivity index (χ3v) is 2.11. The Morgan fingerprint density at radius 2 is 2.00 bits per heavy atom. The highest BCUT2D eigenvalue weighted by molar-refractivity contribution is 5.75. The molecule has 0 N–H and O–H groups in total. The van der Waals surface area contributed by atoms with E-state index in [1.165, 1.54) is 0 Å². The topological polar surface area (TPSA) is 34.9 Å². The second-order valence-corrected chi connectivity index (χ2v) is 3.08. The Bertz CT molecular complexity index is 446. The number of aryl methyl sites for hydroxylation is 1. The SMILES string of the molecule is Cc1cnn(-c2ccccc2)c1C=O. The Morgan fingerprint density at radius 3 is 2.64 bits per heavy atom. The highest BCUT2D eigenvalue weighted by Crippen LogP contribution is 2.11. The lowest BCUT2D eigenvalue weighted by Crippen LogP contribution is -2.01. The molecule has 3 heteroatoms. The van der Waals surface area contributed by atoms with E-state index in [9.17, 15) is 4.79 Å². The number of aromatic nitrogens is 2. The number of hydrogen-bond acceptors (Lipinski definition) is 2. The van der Waals surface area contributed by atoms with Gasteiger partial charge in [-0.3, -0.25) is 4.79 Å². The van der Waals surface area contributed by atoms with Gasteiger partial charge < -0.3 is 0 Å². The van der Waals surface area contributed by atoms with Crippen molar-refractivity contribution in [2.45, 2.75) is 6.92 Å². The molecular formula is C11H10N2O. The van der Waals surface area contributed by atoms with Gasteiger partial charge in [-0.2, -0.15) is 5.10 Å². The van der Waals surface area contributed by atoms with E-state index in [1.54, 1.807) is 10.9 Å². The number of carbonyl (C=O) groups excluding carboxylic acids is 1. The van der Waals surface area contributed by atoms with Crippen molar-refractivity contribution in [2.24, 2.45) is 0 Å². The maximum absolute atomic E-state index is 10.8. The van der Waals surface area contributed by atoms with Crippen molar-refractivity contribution in [3.63, 3.8) is 0 Å². The van der Waals surface area contributed by atoms with Gasteiger partial charge in [-0.1, -0.05) is 18.2 Å². The van der Waals surface area contributed by atoms with Crippen LogP contribution in [0.3, 0.4) is 0 Å². The van der Waals surface area contributed by atoms with Crippen LogP contribution in [0.5, 0.6) is 0 Å². The molecule has 0 atom stereocenters. The van der Waals surface area contributed by atoms with E-state index in [0.29, 0.717) is 5.69 Å². The van der Waals surface area contributed by atoms with Crippen molar-refractivity contribution >= 4 is 6.29 Å². The fourth-order valence-electron chi connectivity index (χ4n) is 1.36. The first-order valence-electron chi connectivity index (χ1n) is 4.38. The van der Waals surface area contributed by atoms with Crippen molar-refractivity contribution < 1.29 is 4.79 Å². The van der Waals surface area contributed by atoms with Gasteiger partial charge >= 0.3 is 0 Å². The summed E-state index contributed by atoms with van der Waals surface area (Å²) < 4.78 is 1.64. The summed E-state index contributed by atoms with van der Waals surface area (Å²) in [5, 5.41) is 4.14. The maximum Gasteiger partial charge on any atom is 0.168 e. The predicted octanol–water partition coefficient (Wildman–Crippen LogP) is 1.99. The first-order valence-corrected chi connectivity index (χ1v) is 4.38. The largest absolute Gasteiger partial charge is 0.296 e. The summed E-state index contributed by atoms with van der Waals surface area (Å²) >= 11 is 0. The summed E-state index contributed by atoms with van der Waals surface area (Å²) in [6.45, 7) is 1.87. The quantitative estimate of drug-likeness (QED) is 0.672. The van der Waals surface area contributed by atoms with E-state index in [2.05, 4.69) is 5.10 Å². The van der Waals surface area contributed by atoms with Crippen molar-refractivity contribution in [1.29, 1.82) is 0 Å². The zero-order valence-electron chi connectivity index (χ0n) is 7.84. The van der Waals surface area contributed by atoms with E-state index in [1.807, 2.05) is 37.3 Å². The number of benzene rings is 1. The number of aldehydes is 1. The standard InChI is InChI=1S/C11H10N2O/c1-9-7-12-13(11(9)8-14)10-5-3-2-4-6-10/h2-8H,1H3. The molecule has 0 amide bonds. The molecule has 0 aliphatic heterocycles. The molecule has 0 spiro atoms. The van der Waals surface area contributed by atoms with Crippen LogP contribution in [0.15, 0.2) is 36.5 Å². The molecule has 0 aliphatic carbocycles. The van der Waals surface area contributed by atoms with Crippen molar-refractivity contribution in [2.75, 3.05) is 0 Å². The Balaban J connectivity index is 2.57. The van der Waals surface area contributed by atoms with Gasteiger partial charge in [0, 0.05) is 0 Å². The van der Waals surface area contributed by atoms with Gasteiger partial charge in [0.05, 0.1) is 11.9 Å². The van der Waals surface area contributed by atoms with Gasteiger partial charge in [0.2, 0.25) is 0 Å². The van der Waals surface area contributed by atoms with E-state index < -0.39 is 0 Å². The molecule has 14 heavy (non-hydrogen) atoms. The van der Waals surface area contributed by atoms with Crippen molar-refractivity contribution in [1.82, 2.24) is 9.78 Å². The predicted molar refractivity (Wildman–Crippen MR) is 53.7 cm³/mol. The average Bonchev–Trinajstić information content (AvgIpc) is 2.61. The summed E-state index contributed by atoms with van der Waals surface area (Å²) in [7, 11) is 0. The minimum Gasteiger partial charge on any atom is -0.296 e. The number of nitrogens with zero attached hydrogens (tertiary/aromatic N) is 2. The maximum atomic E-state index is 10.8. The summed E-state index contributed by atoms with van der Waals surface area (Å²) in [5.41, 5.74) is 2.41. The Kier molecular flexibility index (Phi) is 2.14. The molecule has 0 aliphatic rings. The molecule has 0 saturated heterocycles. The zero-order chi connectivity index (χ0) is 9.97. The van der Waals surface area contributed by atoms with Gasteiger partial charge in [-0.15, -0.1) is 0 Å². The highest BCUT2D eigenvalue weighted by Gasteiger charge is 2.06. The molecule has 2 aromatic rings. The molecule has 3 nitrogen and oxygen atoms in total. The lowest BCUT2D eigenvalue weighted by atomic mass is 10.3. The Morgan fingerprint density at radius 1 is 1.29 bits per heavy atom. The molecule has 0 radical (unpaired) electrons. The molecule has 0 bridgehead atoms. The first-order chi connectivity index (χ1) is 6.83. The van der Waals surface area contributed by atoms with Crippen LogP contribution in [0.4, 0.5) is 0 Å². The van der Waals surface area contributed by atoms with Gasteiger partial charge in [0.15, 0.2) is 6.29 Å². The Labute approximate surface area is 82.0 Å². The normalized spacial score (nSPS) is 10.1. The molecule has 1 aromatic heterocycles. The highest BCUT2D eigenvalue weighted by atomic mass is 16.1. The van der Waals surface area contributed by atoms with Gasteiger partial charge in [-0.25, -0.2) is 4.68 Å². The average molecular weight is 186 g/mol. The number of carbonyl (C=O) groups is 1. The summed E-state index contributed by atoms with van der Waals surface area (Å²) in [4.78, 5) is 10.8. The number of rotatable bonds is 2. The van der Waals surface area contributed by atoms with Gasteiger partial charge in [0.25, 0.3) is 0 Å². The smallest absolute Gasteiger partial charge is 0.168 e. The van der Waals surface area contributed by atoms with E-state index >= 15 is 0 Å². The fourth-order valence-corrected chi connectivity index (χ4v) is 1.36. The second kappa shape index (κ2) is 3.46. The van der Waals surface area contributed by atoms with Crippen LogP contribution in [0, 0.1) is 6.92 Å². The molecule has 1 aromatic carbocycles. The summed E-state index contributed by atoms with van der Waals surface area (Å²) in [6, 6.07) is 9.60. The third kappa shape index (κ3) is 1.33. The van der Waals surface area contributed by atoms with Crippen LogP contribution in [-0.2, 0) is 0 Å². The minimum atomic E-state index is 0.608. The minimum absolute atomic E-state index is 0.608. The van der Waals surface area contributed by atoms with E-state index in [-0.39, 0.29) is 0 Å². The lowest BCUT2D eigenvalue weighted by molar-refractivity contribution is 0.111. The van der Waals surface area contributed by atoms with Crippen molar-refractivity contribution in [3.8, 4) is 5.69 Å². The Hall–Kier alpha value is -1.90. The first kappa shape index (κ1) is 8.69. The van der Waals surface area contributed by atoms with Crippen LogP contribution in [-0.4, -0.2) is 16.1 Å². The second-order valence-electron chi connectivity index (χ2n) is 3.08. The van der Waals surface area contributed by atoms with Crippen LogP contribution in [0.1, 0.15) is 16.1 Å². The van der Waals surface area contributed by atoms with E-state index in [4.69, 9.17) is 0 Å². The van der Waals surface area contributed by atoms with E-state index in [0.717, 1.165) is 17.5 Å². The van der Waals surface area contributed by atoms with Crippen LogP contribution < -0.4 is 0 Å². The van der Waals surface area contributed by atoms with Crippen molar-refractivity contribution in [3.05, 3.63) is 47.8 Å². The van der Waals surface area contributed by atoms with Crippen LogP contribution in [0.25, 0.3) is 5.69 Å². The molecule has 70 valence electrons. The molecule has 2 rings (SSSR count). The molecule has 0 unspecified atom stereocenters. The number of para-hydroxylation sites is 1. The molecule has 0 saturated carbocycles. The zero-order valence-corrected chi connectivity index (χ0v) is 7.84. The van der Waals surface area contributed by atoms with Crippen LogP contribution in [0.2, 0.25) is 0 Å². The fraction of sp³-hybridized carbons (Fsp3) is 0.0909. The third-order valence-electron chi connectivity index (χ3n) is 2.11.